The Bertz CT molecular complexity index is 475. The van der Waals surface area contributed by atoms with Crippen molar-refractivity contribution in [3.63, 3.8) is 0 Å². The number of nitrogens with zero attached hydrogens (tertiary/aromatic N) is 3. The van der Waals surface area contributed by atoms with Gasteiger partial charge < -0.3 is 20.3 Å². The molecule has 1 amide bonds. The van der Waals surface area contributed by atoms with E-state index in [1.807, 2.05) is 20.8 Å². The molecule has 2 N–H and O–H groups in total. The van der Waals surface area contributed by atoms with Gasteiger partial charge in [-0.1, -0.05) is 20.8 Å². The number of aliphatic imine (C=N–C) groups is 1. The molecule has 2 heterocycles. The molecule has 0 saturated carbocycles. The van der Waals surface area contributed by atoms with Crippen molar-refractivity contribution in [1.29, 1.82) is 0 Å². The number of morpholine rings is 1. The molecule has 0 spiro atoms. The quantitative estimate of drug-likeness (QED) is 0.252. The second-order valence-corrected chi connectivity index (χ2v) is 8.26. The highest BCUT2D eigenvalue weighted by molar-refractivity contribution is 14.0. The van der Waals surface area contributed by atoms with Crippen molar-refractivity contribution in [3.05, 3.63) is 0 Å². The van der Waals surface area contributed by atoms with Gasteiger partial charge in [0.05, 0.1) is 19.8 Å². The number of hydrogen-bond acceptors (Lipinski definition) is 4. The molecule has 0 radical (unpaired) electrons. The Morgan fingerprint density at radius 2 is 1.89 bits per heavy atom. The molecule has 2 fully saturated rings. The Morgan fingerprint density at radius 3 is 2.52 bits per heavy atom. The van der Waals surface area contributed by atoms with Crippen LogP contribution in [-0.4, -0.2) is 87.2 Å². The summed E-state index contributed by atoms with van der Waals surface area (Å²) >= 11 is 0. The minimum Gasteiger partial charge on any atom is -0.379 e. The summed E-state index contributed by atoms with van der Waals surface area (Å²) in [5, 5.41) is 6.36. The molecule has 27 heavy (non-hydrogen) atoms. The van der Waals surface area contributed by atoms with Gasteiger partial charge in [-0.3, -0.25) is 14.7 Å². The summed E-state index contributed by atoms with van der Waals surface area (Å²) in [6, 6.07) is 0. The Morgan fingerprint density at radius 1 is 1.19 bits per heavy atom. The van der Waals surface area contributed by atoms with E-state index in [9.17, 15) is 4.79 Å². The van der Waals surface area contributed by atoms with E-state index in [0.717, 1.165) is 58.4 Å². The van der Waals surface area contributed by atoms with Crippen LogP contribution in [0, 0.1) is 11.3 Å². The predicted molar refractivity (Wildman–Crippen MR) is 121 cm³/mol. The first-order valence-corrected chi connectivity index (χ1v) is 10.0. The van der Waals surface area contributed by atoms with Crippen molar-refractivity contribution in [2.75, 3.05) is 65.6 Å². The molecule has 0 aromatic heterocycles. The van der Waals surface area contributed by atoms with Crippen LogP contribution in [0.1, 0.15) is 34.1 Å². The van der Waals surface area contributed by atoms with Gasteiger partial charge in [0.15, 0.2) is 5.96 Å². The zero-order chi connectivity index (χ0) is 19.0. The third-order valence-electron chi connectivity index (χ3n) is 4.88. The van der Waals surface area contributed by atoms with Crippen molar-refractivity contribution >= 4 is 35.8 Å². The van der Waals surface area contributed by atoms with Crippen LogP contribution in [0.15, 0.2) is 4.99 Å². The maximum Gasteiger partial charge on any atom is 0.225 e. The highest BCUT2D eigenvalue weighted by Crippen LogP contribution is 2.18. The zero-order valence-corrected chi connectivity index (χ0v) is 19.8. The molecule has 2 aliphatic rings. The Labute approximate surface area is 181 Å². The second kappa shape index (κ2) is 12.1. The Hall–Kier alpha value is -0.610. The van der Waals surface area contributed by atoms with E-state index in [1.54, 1.807) is 0 Å². The monoisotopic (exact) mass is 495 g/mol. The summed E-state index contributed by atoms with van der Waals surface area (Å²) in [6.45, 7) is 17.0. The van der Waals surface area contributed by atoms with E-state index in [2.05, 4.69) is 27.4 Å². The Kier molecular flexibility index (Phi) is 10.9. The lowest BCUT2D eigenvalue weighted by Gasteiger charge is -2.29. The van der Waals surface area contributed by atoms with Crippen LogP contribution in [0.4, 0.5) is 0 Å². The van der Waals surface area contributed by atoms with Gasteiger partial charge in [-0.25, -0.2) is 0 Å². The van der Waals surface area contributed by atoms with Crippen LogP contribution in [0.5, 0.6) is 0 Å². The van der Waals surface area contributed by atoms with Crippen LogP contribution in [-0.2, 0) is 9.53 Å². The second-order valence-electron chi connectivity index (χ2n) is 8.26. The van der Waals surface area contributed by atoms with E-state index < -0.39 is 0 Å². The SMILES string of the molecule is CCNC(=NCCNC(=O)C(C)(C)C)N1CCC(CN2CCOCC2)C1.I. The number of likely N-dealkylation sites (tertiary alicyclic amines) is 1. The largest absolute Gasteiger partial charge is 0.379 e. The fourth-order valence-electron chi connectivity index (χ4n) is 3.35. The maximum absolute atomic E-state index is 11.9. The molecule has 0 bridgehead atoms. The van der Waals surface area contributed by atoms with Crippen LogP contribution in [0.3, 0.4) is 0 Å². The topological polar surface area (TPSA) is 69.2 Å². The fraction of sp³-hybridized carbons (Fsp3) is 0.895. The van der Waals surface area contributed by atoms with Crippen molar-refractivity contribution in [3.8, 4) is 0 Å². The number of ether oxygens (including phenoxy) is 1. The van der Waals surface area contributed by atoms with Crippen LogP contribution in [0.2, 0.25) is 0 Å². The maximum atomic E-state index is 11.9. The number of carbonyl (C=O) groups excluding carboxylic acids is 1. The molecule has 0 aromatic rings. The van der Waals surface area contributed by atoms with Gasteiger partial charge >= 0.3 is 0 Å². The summed E-state index contributed by atoms with van der Waals surface area (Å²) in [4.78, 5) is 21.5. The summed E-state index contributed by atoms with van der Waals surface area (Å²) in [7, 11) is 0. The summed E-state index contributed by atoms with van der Waals surface area (Å²) in [5.74, 6) is 1.74. The zero-order valence-electron chi connectivity index (χ0n) is 17.4. The van der Waals surface area contributed by atoms with E-state index in [0.29, 0.717) is 19.0 Å². The van der Waals surface area contributed by atoms with Crippen molar-refractivity contribution in [2.45, 2.75) is 34.1 Å². The number of halogens is 1. The minimum atomic E-state index is -0.351. The van der Waals surface area contributed by atoms with Gasteiger partial charge in [0.25, 0.3) is 0 Å². The van der Waals surface area contributed by atoms with E-state index in [-0.39, 0.29) is 35.3 Å². The van der Waals surface area contributed by atoms with Crippen molar-refractivity contribution < 1.29 is 9.53 Å². The van der Waals surface area contributed by atoms with Crippen molar-refractivity contribution in [1.82, 2.24) is 20.4 Å². The van der Waals surface area contributed by atoms with Gasteiger partial charge in [0, 0.05) is 51.2 Å². The molecular formula is C19H38IN5O2. The fourth-order valence-corrected chi connectivity index (χ4v) is 3.35. The molecule has 7 nitrogen and oxygen atoms in total. The molecule has 1 atom stereocenters. The molecule has 8 heteroatoms. The average Bonchev–Trinajstić information content (AvgIpc) is 3.05. The lowest BCUT2D eigenvalue weighted by Crippen LogP contribution is -2.43. The number of nitrogens with one attached hydrogen (secondary N) is 2. The van der Waals surface area contributed by atoms with Gasteiger partial charge in [0.2, 0.25) is 5.91 Å². The van der Waals surface area contributed by atoms with E-state index >= 15 is 0 Å². The molecule has 0 aliphatic carbocycles. The molecule has 2 aliphatic heterocycles. The minimum absolute atomic E-state index is 0. The lowest BCUT2D eigenvalue weighted by molar-refractivity contribution is -0.128. The number of hydrogen-bond donors (Lipinski definition) is 2. The van der Waals surface area contributed by atoms with Gasteiger partial charge in [-0.15, -0.1) is 24.0 Å². The van der Waals surface area contributed by atoms with E-state index in [1.165, 1.54) is 6.42 Å². The number of guanidine groups is 1. The normalized spacial score (nSPS) is 21.7. The van der Waals surface area contributed by atoms with Crippen LogP contribution in [0.25, 0.3) is 0 Å². The first-order chi connectivity index (χ1) is 12.4. The third kappa shape index (κ3) is 8.51. The van der Waals surface area contributed by atoms with Crippen molar-refractivity contribution in [2.24, 2.45) is 16.3 Å². The third-order valence-corrected chi connectivity index (χ3v) is 4.88. The first kappa shape index (κ1) is 24.4. The first-order valence-electron chi connectivity index (χ1n) is 10.0. The molecule has 2 saturated heterocycles. The molecule has 158 valence electrons. The summed E-state index contributed by atoms with van der Waals surface area (Å²) in [6.07, 6.45) is 1.21. The average molecular weight is 495 g/mol. The summed E-state index contributed by atoms with van der Waals surface area (Å²) < 4.78 is 5.44. The predicted octanol–water partition coefficient (Wildman–Crippen LogP) is 1.39. The highest BCUT2D eigenvalue weighted by Gasteiger charge is 2.27. The van der Waals surface area contributed by atoms with E-state index in [4.69, 9.17) is 9.73 Å². The highest BCUT2D eigenvalue weighted by atomic mass is 127. The summed E-state index contributed by atoms with van der Waals surface area (Å²) in [5.41, 5.74) is -0.351. The molecule has 1 unspecified atom stereocenters. The van der Waals surface area contributed by atoms with Gasteiger partial charge in [0.1, 0.15) is 0 Å². The standard InChI is InChI=1S/C19H37N5O2.HI/c1-5-20-18(22-8-7-21-17(25)19(2,3)4)24-9-6-16(15-24)14-23-10-12-26-13-11-23;/h16H,5-15H2,1-4H3,(H,20,22)(H,21,25);1H. The van der Waals surface area contributed by atoms with Gasteiger partial charge in [-0.05, 0) is 19.3 Å². The number of amides is 1. The van der Waals surface area contributed by atoms with Crippen LogP contribution < -0.4 is 10.6 Å². The molecular weight excluding hydrogens is 457 g/mol. The van der Waals surface area contributed by atoms with Crippen LogP contribution >= 0.6 is 24.0 Å². The molecule has 0 aromatic carbocycles. The number of rotatable bonds is 6. The lowest BCUT2D eigenvalue weighted by atomic mass is 9.96. The Balaban J connectivity index is 0.00000364. The number of carbonyl (C=O) groups is 1. The molecule has 2 rings (SSSR count). The smallest absolute Gasteiger partial charge is 0.225 e. The van der Waals surface area contributed by atoms with Gasteiger partial charge in [-0.2, -0.15) is 0 Å².